The third-order valence-corrected chi connectivity index (χ3v) is 3.89. The summed E-state index contributed by atoms with van der Waals surface area (Å²) in [4.78, 5) is 23.8. The molecule has 0 aliphatic rings. The Morgan fingerprint density at radius 2 is 1.79 bits per heavy atom. The van der Waals surface area contributed by atoms with Gasteiger partial charge in [-0.05, 0) is 30.7 Å². The monoisotopic (exact) mass is 346 g/mol. The van der Waals surface area contributed by atoms with Gasteiger partial charge in [-0.15, -0.1) is 0 Å². The van der Waals surface area contributed by atoms with Crippen LogP contribution in [-0.2, 0) is 9.53 Å². The zero-order valence-corrected chi connectivity index (χ0v) is 14.3. The summed E-state index contributed by atoms with van der Waals surface area (Å²) in [6.07, 6.45) is 0. The van der Waals surface area contributed by atoms with E-state index in [0.717, 1.165) is 5.56 Å². The molecule has 1 atom stereocenters. The highest BCUT2D eigenvalue weighted by Gasteiger charge is 2.14. The van der Waals surface area contributed by atoms with Crippen LogP contribution in [0.2, 0.25) is 5.02 Å². The van der Waals surface area contributed by atoms with E-state index in [2.05, 4.69) is 10.6 Å². The number of hydrogen-bond donors (Lipinski definition) is 2. The van der Waals surface area contributed by atoms with Gasteiger partial charge < -0.3 is 15.4 Å². The highest BCUT2D eigenvalue weighted by molar-refractivity contribution is 6.31. The van der Waals surface area contributed by atoms with Crippen molar-refractivity contribution in [3.8, 4) is 0 Å². The molecule has 2 N–H and O–H groups in total. The zero-order valence-electron chi connectivity index (χ0n) is 13.5. The van der Waals surface area contributed by atoms with E-state index in [4.69, 9.17) is 16.3 Å². The first kappa shape index (κ1) is 18.0. The van der Waals surface area contributed by atoms with Gasteiger partial charge in [0.2, 0.25) is 5.91 Å². The van der Waals surface area contributed by atoms with Crippen LogP contribution in [0.25, 0.3) is 0 Å². The maximum atomic E-state index is 12.1. The predicted molar refractivity (Wildman–Crippen MR) is 94.3 cm³/mol. The molecule has 1 amide bonds. The molecule has 0 radical (unpaired) electrons. The van der Waals surface area contributed by atoms with E-state index < -0.39 is 5.97 Å². The second-order valence-corrected chi connectivity index (χ2v) is 5.62. The zero-order chi connectivity index (χ0) is 17.5. The molecule has 5 nitrogen and oxygen atoms in total. The number of carbonyl (C=O) groups excluding carboxylic acids is 2. The van der Waals surface area contributed by atoms with Crippen molar-refractivity contribution in [1.82, 2.24) is 5.32 Å². The summed E-state index contributed by atoms with van der Waals surface area (Å²) < 4.78 is 4.71. The minimum Gasteiger partial charge on any atom is -0.465 e. The molecule has 2 rings (SSSR count). The largest absolute Gasteiger partial charge is 0.465 e. The maximum absolute atomic E-state index is 12.1. The summed E-state index contributed by atoms with van der Waals surface area (Å²) >= 11 is 6.14. The number of benzene rings is 2. The molecule has 0 heterocycles. The molecule has 0 fully saturated rings. The number of methoxy groups -OCH3 is 1. The molecule has 0 spiro atoms. The van der Waals surface area contributed by atoms with Gasteiger partial charge in [0.05, 0.1) is 24.9 Å². The number of nitrogens with one attached hydrogen (secondary N) is 2. The van der Waals surface area contributed by atoms with Crippen LogP contribution in [0.1, 0.15) is 28.9 Å². The molecular formula is C18H19ClN2O3. The fraction of sp³-hybridized carbons (Fsp3) is 0.222. The third-order valence-electron chi connectivity index (χ3n) is 3.55. The van der Waals surface area contributed by atoms with E-state index in [0.29, 0.717) is 16.3 Å². The van der Waals surface area contributed by atoms with Crippen LogP contribution >= 0.6 is 11.6 Å². The molecule has 24 heavy (non-hydrogen) atoms. The van der Waals surface area contributed by atoms with Gasteiger partial charge in [0, 0.05) is 11.1 Å². The van der Waals surface area contributed by atoms with Gasteiger partial charge in [0.25, 0.3) is 0 Å². The Balaban J connectivity index is 1.97. The van der Waals surface area contributed by atoms with Gasteiger partial charge in [0.15, 0.2) is 0 Å². The molecule has 0 aromatic heterocycles. The average molecular weight is 347 g/mol. The van der Waals surface area contributed by atoms with E-state index in [1.165, 1.54) is 7.11 Å². The Kier molecular flexibility index (Phi) is 6.35. The van der Waals surface area contributed by atoms with Crippen LogP contribution in [0.5, 0.6) is 0 Å². The standard InChI is InChI=1S/C18H19ClN2O3/c1-12(13-7-3-5-9-15(13)19)20-11-17(22)21-16-10-6-4-8-14(16)18(23)24-2/h3-10,12,20H,11H2,1-2H3,(H,21,22). The van der Waals surface area contributed by atoms with Gasteiger partial charge in [-0.3, -0.25) is 4.79 Å². The summed E-state index contributed by atoms with van der Waals surface area (Å²) in [7, 11) is 1.30. The second kappa shape index (κ2) is 8.47. The summed E-state index contributed by atoms with van der Waals surface area (Å²) in [6.45, 7) is 2.01. The van der Waals surface area contributed by atoms with Crippen LogP contribution in [0.4, 0.5) is 5.69 Å². The molecule has 2 aromatic rings. The van der Waals surface area contributed by atoms with Crippen molar-refractivity contribution >= 4 is 29.2 Å². The molecule has 126 valence electrons. The second-order valence-electron chi connectivity index (χ2n) is 5.21. The Morgan fingerprint density at radius 3 is 2.50 bits per heavy atom. The number of halogens is 1. The number of hydrogen-bond acceptors (Lipinski definition) is 4. The maximum Gasteiger partial charge on any atom is 0.339 e. The number of esters is 1. The number of amides is 1. The lowest BCUT2D eigenvalue weighted by Crippen LogP contribution is -2.30. The smallest absolute Gasteiger partial charge is 0.339 e. The number of carbonyl (C=O) groups is 2. The number of ether oxygens (including phenoxy) is 1. The molecule has 0 aliphatic carbocycles. The summed E-state index contributed by atoms with van der Waals surface area (Å²) in [5, 5.41) is 6.47. The van der Waals surface area contributed by atoms with Crippen LogP contribution in [-0.4, -0.2) is 25.5 Å². The van der Waals surface area contributed by atoms with Crippen LogP contribution < -0.4 is 10.6 Å². The highest BCUT2D eigenvalue weighted by Crippen LogP contribution is 2.22. The minimum absolute atomic E-state index is 0.0831. The Hall–Kier alpha value is -2.37. The molecule has 2 aromatic carbocycles. The van der Waals surface area contributed by atoms with Crippen molar-refractivity contribution in [2.75, 3.05) is 19.0 Å². The normalized spacial score (nSPS) is 11.6. The average Bonchev–Trinajstić information content (AvgIpc) is 2.60. The van der Waals surface area contributed by atoms with E-state index in [1.54, 1.807) is 24.3 Å². The highest BCUT2D eigenvalue weighted by atomic mass is 35.5. The Labute approximate surface area is 146 Å². The summed E-state index contributed by atoms with van der Waals surface area (Å²) in [6, 6.07) is 14.1. The lowest BCUT2D eigenvalue weighted by molar-refractivity contribution is -0.115. The van der Waals surface area contributed by atoms with Crippen molar-refractivity contribution < 1.29 is 14.3 Å². The summed E-state index contributed by atoms with van der Waals surface area (Å²) in [5.41, 5.74) is 1.65. The molecule has 1 unspecified atom stereocenters. The molecule has 0 aliphatic heterocycles. The van der Waals surface area contributed by atoms with E-state index >= 15 is 0 Å². The van der Waals surface area contributed by atoms with Gasteiger partial charge in [0.1, 0.15) is 0 Å². The first-order valence-electron chi connectivity index (χ1n) is 7.48. The SMILES string of the molecule is COC(=O)c1ccccc1NC(=O)CNC(C)c1ccccc1Cl. The van der Waals surface area contributed by atoms with Crippen molar-refractivity contribution in [1.29, 1.82) is 0 Å². The van der Waals surface area contributed by atoms with Gasteiger partial charge >= 0.3 is 5.97 Å². The lowest BCUT2D eigenvalue weighted by atomic mass is 10.1. The molecule has 0 saturated heterocycles. The molecule has 0 saturated carbocycles. The van der Waals surface area contributed by atoms with Crippen LogP contribution in [0.15, 0.2) is 48.5 Å². The predicted octanol–water partition coefficient (Wildman–Crippen LogP) is 3.42. The minimum atomic E-state index is -0.497. The van der Waals surface area contributed by atoms with Gasteiger partial charge in [-0.1, -0.05) is 41.9 Å². The van der Waals surface area contributed by atoms with Crippen molar-refractivity contribution in [3.05, 3.63) is 64.7 Å². The van der Waals surface area contributed by atoms with Crippen LogP contribution in [0, 0.1) is 0 Å². The van der Waals surface area contributed by atoms with Crippen molar-refractivity contribution in [3.63, 3.8) is 0 Å². The van der Waals surface area contributed by atoms with Crippen molar-refractivity contribution in [2.24, 2.45) is 0 Å². The Morgan fingerprint density at radius 1 is 1.12 bits per heavy atom. The quantitative estimate of drug-likeness (QED) is 0.786. The van der Waals surface area contributed by atoms with E-state index in [-0.39, 0.29) is 18.5 Å². The fourth-order valence-corrected chi connectivity index (χ4v) is 2.56. The number of rotatable bonds is 6. The third kappa shape index (κ3) is 4.57. The number of anilines is 1. The fourth-order valence-electron chi connectivity index (χ4n) is 2.26. The first-order valence-corrected chi connectivity index (χ1v) is 7.85. The first-order chi connectivity index (χ1) is 11.5. The topological polar surface area (TPSA) is 67.4 Å². The lowest BCUT2D eigenvalue weighted by Gasteiger charge is -2.16. The van der Waals surface area contributed by atoms with Crippen molar-refractivity contribution in [2.45, 2.75) is 13.0 Å². The molecular weight excluding hydrogens is 328 g/mol. The van der Waals surface area contributed by atoms with E-state index in [9.17, 15) is 9.59 Å². The Bertz CT molecular complexity index is 734. The number of para-hydroxylation sites is 1. The molecule has 6 heteroatoms. The van der Waals surface area contributed by atoms with Crippen LogP contribution in [0.3, 0.4) is 0 Å². The van der Waals surface area contributed by atoms with E-state index in [1.807, 2.05) is 31.2 Å². The summed E-state index contributed by atoms with van der Waals surface area (Å²) in [5.74, 6) is -0.756. The molecule has 0 bridgehead atoms. The van der Waals surface area contributed by atoms with Gasteiger partial charge in [-0.2, -0.15) is 0 Å². The van der Waals surface area contributed by atoms with Gasteiger partial charge in [-0.25, -0.2) is 4.79 Å².